The maximum absolute atomic E-state index is 11.2. The molecule has 0 spiro atoms. The van der Waals surface area contributed by atoms with Crippen LogP contribution < -0.4 is 0 Å². The number of Topliss-reactive ketones (excluding diaryl/α,β-unsaturated/α-hetero) is 1. The van der Waals surface area contributed by atoms with E-state index in [1.165, 1.54) is 22.7 Å². The van der Waals surface area contributed by atoms with E-state index >= 15 is 0 Å². The normalized spacial score (nSPS) is 12.6. The molecule has 17 heavy (non-hydrogen) atoms. The summed E-state index contributed by atoms with van der Waals surface area (Å²) in [4.78, 5) is 15.8. The van der Waals surface area contributed by atoms with Crippen LogP contribution in [-0.2, 0) is 4.79 Å². The van der Waals surface area contributed by atoms with Crippen LogP contribution in [0.25, 0.3) is 10.9 Å². The predicted octanol–water partition coefficient (Wildman–Crippen LogP) is 3.61. The highest BCUT2D eigenvalue weighted by molar-refractivity contribution is 8.00. The second-order valence-corrected chi connectivity index (χ2v) is 5.53. The lowest BCUT2D eigenvalue weighted by molar-refractivity contribution is -0.116. The summed E-state index contributed by atoms with van der Waals surface area (Å²) in [5, 5.41) is 2.05. The van der Waals surface area contributed by atoms with Gasteiger partial charge in [0.25, 0.3) is 0 Å². The number of ketones is 1. The summed E-state index contributed by atoms with van der Waals surface area (Å²) in [5.41, 5.74) is 2.19. The summed E-state index contributed by atoms with van der Waals surface area (Å²) in [7, 11) is 0. The van der Waals surface area contributed by atoms with Gasteiger partial charge < -0.3 is 0 Å². The van der Waals surface area contributed by atoms with Gasteiger partial charge in [0, 0.05) is 5.39 Å². The summed E-state index contributed by atoms with van der Waals surface area (Å²) < 4.78 is 0. The number of carbonyl (C=O) groups is 1. The highest BCUT2D eigenvalue weighted by atomic mass is 32.2. The number of hydrogen-bond acceptors (Lipinski definition) is 3. The Bertz CT molecular complexity index is 565. The van der Waals surface area contributed by atoms with Gasteiger partial charge in [0.15, 0.2) is 0 Å². The molecule has 1 heterocycles. The van der Waals surface area contributed by atoms with E-state index in [1.807, 2.05) is 31.2 Å². The number of aromatic nitrogens is 1. The van der Waals surface area contributed by atoms with Crippen LogP contribution >= 0.6 is 11.8 Å². The average molecular weight is 245 g/mol. The number of fused-ring (bicyclic) bond motifs is 1. The Hall–Kier alpha value is -1.35. The number of rotatable bonds is 3. The van der Waals surface area contributed by atoms with Gasteiger partial charge in [-0.2, -0.15) is 0 Å². The first kappa shape index (κ1) is 12.1. The zero-order chi connectivity index (χ0) is 12.4. The third-order valence-corrected chi connectivity index (χ3v) is 3.91. The molecule has 0 aliphatic heterocycles. The second kappa shape index (κ2) is 4.88. The van der Waals surface area contributed by atoms with Crippen molar-refractivity contribution in [2.24, 2.45) is 0 Å². The Morgan fingerprint density at radius 1 is 1.35 bits per heavy atom. The topological polar surface area (TPSA) is 30.0 Å². The van der Waals surface area contributed by atoms with Crippen LogP contribution in [0.2, 0.25) is 0 Å². The minimum Gasteiger partial charge on any atom is -0.299 e. The van der Waals surface area contributed by atoms with Crippen molar-refractivity contribution in [2.75, 3.05) is 0 Å². The van der Waals surface area contributed by atoms with Gasteiger partial charge >= 0.3 is 0 Å². The lowest BCUT2D eigenvalue weighted by Crippen LogP contribution is -2.08. The molecule has 0 aliphatic rings. The number of nitrogens with zero attached hydrogens (tertiary/aromatic N) is 1. The van der Waals surface area contributed by atoms with E-state index in [1.54, 1.807) is 6.92 Å². The molecule has 0 bridgehead atoms. The minimum atomic E-state index is -0.0388. The first-order valence-corrected chi connectivity index (χ1v) is 6.49. The number of hydrogen-bond donors (Lipinski definition) is 0. The fourth-order valence-electron chi connectivity index (χ4n) is 1.64. The van der Waals surface area contributed by atoms with Crippen LogP contribution in [0.4, 0.5) is 0 Å². The van der Waals surface area contributed by atoms with Crippen molar-refractivity contribution in [3.63, 3.8) is 0 Å². The van der Waals surface area contributed by atoms with Crippen molar-refractivity contribution in [1.29, 1.82) is 0 Å². The van der Waals surface area contributed by atoms with E-state index in [0.29, 0.717) is 0 Å². The van der Waals surface area contributed by atoms with Gasteiger partial charge in [0.05, 0.1) is 15.8 Å². The van der Waals surface area contributed by atoms with Crippen molar-refractivity contribution < 1.29 is 4.79 Å². The zero-order valence-electron chi connectivity index (χ0n) is 10.2. The predicted molar refractivity (Wildman–Crippen MR) is 72.5 cm³/mol. The summed E-state index contributed by atoms with van der Waals surface area (Å²) in [6.07, 6.45) is 0. The molecule has 0 radical (unpaired) electrons. The summed E-state index contributed by atoms with van der Waals surface area (Å²) in [6, 6.07) is 10.1. The van der Waals surface area contributed by atoms with Gasteiger partial charge in [-0.3, -0.25) is 4.79 Å². The van der Waals surface area contributed by atoms with E-state index in [2.05, 4.69) is 18.0 Å². The summed E-state index contributed by atoms with van der Waals surface area (Å²) >= 11 is 1.52. The first-order chi connectivity index (χ1) is 8.08. The Labute approximate surface area is 105 Å². The molecule has 2 nitrogen and oxygen atoms in total. The van der Waals surface area contributed by atoms with Crippen LogP contribution in [0.1, 0.15) is 19.4 Å². The van der Waals surface area contributed by atoms with Crippen molar-refractivity contribution in [1.82, 2.24) is 4.98 Å². The molecule has 1 aromatic heterocycles. The molecule has 1 aromatic carbocycles. The Kier molecular flexibility index (Phi) is 3.48. The molecule has 0 amide bonds. The van der Waals surface area contributed by atoms with Crippen LogP contribution in [0.15, 0.2) is 35.4 Å². The molecule has 88 valence electrons. The zero-order valence-corrected chi connectivity index (χ0v) is 11.0. The number of thioether (sulfide) groups is 1. The Morgan fingerprint density at radius 2 is 2.06 bits per heavy atom. The third-order valence-electron chi connectivity index (χ3n) is 2.77. The SMILES string of the molecule is CC(=O)C(C)Sc1cc(C)c2ccccc2n1. The number of benzene rings is 1. The molecular weight excluding hydrogens is 230 g/mol. The molecule has 3 heteroatoms. The maximum atomic E-state index is 11.2. The Balaban J connectivity index is 2.40. The van der Waals surface area contributed by atoms with Gasteiger partial charge in [-0.15, -0.1) is 0 Å². The standard InChI is InChI=1S/C14H15NOS/c1-9-8-14(17-11(3)10(2)16)15-13-7-5-4-6-12(9)13/h4-8,11H,1-3H3. The van der Waals surface area contributed by atoms with Gasteiger partial charge in [0.1, 0.15) is 5.78 Å². The molecule has 1 atom stereocenters. The molecule has 0 N–H and O–H groups in total. The Morgan fingerprint density at radius 3 is 2.76 bits per heavy atom. The molecular formula is C14H15NOS. The van der Waals surface area contributed by atoms with E-state index in [4.69, 9.17) is 0 Å². The van der Waals surface area contributed by atoms with Gasteiger partial charge in [0.2, 0.25) is 0 Å². The summed E-state index contributed by atoms with van der Waals surface area (Å²) in [5.74, 6) is 0.183. The largest absolute Gasteiger partial charge is 0.299 e. The quantitative estimate of drug-likeness (QED) is 0.774. The highest BCUT2D eigenvalue weighted by Crippen LogP contribution is 2.26. The lowest BCUT2D eigenvalue weighted by atomic mass is 10.1. The van der Waals surface area contributed by atoms with Crippen LogP contribution in [0.5, 0.6) is 0 Å². The molecule has 2 aromatic rings. The van der Waals surface area contributed by atoms with Crippen LogP contribution in [-0.4, -0.2) is 16.0 Å². The minimum absolute atomic E-state index is 0.0388. The van der Waals surface area contributed by atoms with Gasteiger partial charge in [-0.05, 0) is 38.5 Å². The van der Waals surface area contributed by atoms with Gasteiger partial charge in [-0.25, -0.2) is 4.98 Å². The molecule has 2 rings (SSSR count). The highest BCUT2D eigenvalue weighted by Gasteiger charge is 2.11. The molecule has 0 fully saturated rings. The molecule has 0 saturated heterocycles. The fourth-order valence-corrected chi connectivity index (χ4v) is 2.57. The second-order valence-electron chi connectivity index (χ2n) is 4.17. The van der Waals surface area contributed by atoms with E-state index in [9.17, 15) is 4.79 Å². The average Bonchev–Trinajstić information content (AvgIpc) is 2.29. The first-order valence-electron chi connectivity index (χ1n) is 5.61. The number of pyridine rings is 1. The van der Waals surface area contributed by atoms with Crippen molar-refractivity contribution >= 4 is 28.4 Å². The monoisotopic (exact) mass is 245 g/mol. The molecule has 0 saturated carbocycles. The van der Waals surface area contributed by atoms with Crippen molar-refractivity contribution in [2.45, 2.75) is 31.0 Å². The number of para-hydroxylation sites is 1. The van der Waals surface area contributed by atoms with E-state index in [-0.39, 0.29) is 11.0 Å². The van der Waals surface area contributed by atoms with Crippen molar-refractivity contribution in [3.05, 3.63) is 35.9 Å². The maximum Gasteiger partial charge on any atom is 0.142 e. The number of aryl methyl sites for hydroxylation is 1. The van der Waals surface area contributed by atoms with E-state index in [0.717, 1.165) is 10.5 Å². The van der Waals surface area contributed by atoms with E-state index < -0.39 is 0 Å². The van der Waals surface area contributed by atoms with Crippen LogP contribution in [0.3, 0.4) is 0 Å². The smallest absolute Gasteiger partial charge is 0.142 e. The fraction of sp³-hybridized carbons (Fsp3) is 0.286. The molecule has 1 unspecified atom stereocenters. The molecule has 0 aliphatic carbocycles. The summed E-state index contributed by atoms with van der Waals surface area (Å²) in [6.45, 7) is 5.61. The number of carbonyl (C=O) groups excluding carboxylic acids is 1. The third kappa shape index (κ3) is 2.67. The van der Waals surface area contributed by atoms with Crippen molar-refractivity contribution in [3.8, 4) is 0 Å². The lowest BCUT2D eigenvalue weighted by Gasteiger charge is -2.09. The van der Waals surface area contributed by atoms with Crippen LogP contribution in [0, 0.1) is 6.92 Å². The van der Waals surface area contributed by atoms with Gasteiger partial charge in [-0.1, -0.05) is 30.0 Å².